The van der Waals surface area contributed by atoms with E-state index in [4.69, 9.17) is 10.00 Å². The maximum Gasteiger partial charge on any atom is 0.173 e. The van der Waals surface area contributed by atoms with E-state index < -0.39 is 0 Å². The van der Waals surface area contributed by atoms with Crippen LogP contribution in [0.2, 0.25) is 0 Å². The lowest BCUT2D eigenvalue weighted by atomic mass is 10.1. The van der Waals surface area contributed by atoms with Crippen molar-refractivity contribution in [2.75, 3.05) is 0 Å². The van der Waals surface area contributed by atoms with Gasteiger partial charge in [-0.3, -0.25) is 10.1 Å². The van der Waals surface area contributed by atoms with Crippen LogP contribution in [0.25, 0.3) is 11.3 Å². The summed E-state index contributed by atoms with van der Waals surface area (Å²) in [4.78, 5) is 3.97. The fourth-order valence-corrected chi connectivity index (χ4v) is 1.94. The van der Waals surface area contributed by atoms with Gasteiger partial charge in [-0.15, -0.1) is 0 Å². The van der Waals surface area contributed by atoms with Crippen molar-refractivity contribution < 1.29 is 4.74 Å². The Bertz CT molecular complexity index is 800. The van der Waals surface area contributed by atoms with Crippen LogP contribution in [0.5, 0.6) is 11.5 Å². The average Bonchev–Trinajstić information content (AvgIpc) is 2.96. The van der Waals surface area contributed by atoms with Crippen LogP contribution in [-0.2, 0) is 0 Å². The first-order valence-corrected chi connectivity index (χ1v) is 6.40. The van der Waals surface area contributed by atoms with Crippen LogP contribution in [0.15, 0.2) is 48.9 Å². The number of benzene rings is 1. The molecule has 1 aromatic carbocycles. The van der Waals surface area contributed by atoms with Crippen molar-refractivity contribution in [1.29, 1.82) is 5.26 Å². The lowest BCUT2D eigenvalue weighted by molar-refractivity contribution is 0.482. The van der Waals surface area contributed by atoms with E-state index in [0.29, 0.717) is 17.1 Å². The third-order valence-electron chi connectivity index (χ3n) is 3.00. The Kier molecular flexibility index (Phi) is 3.36. The van der Waals surface area contributed by atoms with Gasteiger partial charge in [0.05, 0.1) is 18.0 Å². The van der Waals surface area contributed by atoms with Crippen molar-refractivity contribution in [3.05, 3.63) is 60.0 Å². The Morgan fingerprint density at radius 1 is 1.19 bits per heavy atom. The fourth-order valence-electron chi connectivity index (χ4n) is 1.94. The number of aromatic nitrogens is 3. The minimum Gasteiger partial charge on any atom is -0.452 e. The fraction of sp³-hybridized carbons (Fsp3) is 0.0625. The Labute approximate surface area is 121 Å². The van der Waals surface area contributed by atoms with Crippen LogP contribution >= 0.6 is 0 Å². The molecule has 0 amide bonds. The summed E-state index contributed by atoms with van der Waals surface area (Å²) in [6.07, 6.45) is 4.73. The van der Waals surface area contributed by atoms with Gasteiger partial charge < -0.3 is 4.74 Å². The molecule has 0 unspecified atom stereocenters. The number of aryl methyl sites for hydroxylation is 1. The normalized spacial score (nSPS) is 10.1. The quantitative estimate of drug-likeness (QED) is 0.795. The van der Waals surface area contributed by atoms with E-state index in [9.17, 15) is 0 Å². The summed E-state index contributed by atoms with van der Waals surface area (Å²) in [5.74, 6) is 1.10. The third-order valence-corrected chi connectivity index (χ3v) is 3.00. The molecule has 0 aliphatic carbocycles. The van der Waals surface area contributed by atoms with Crippen molar-refractivity contribution in [3.8, 4) is 28.8 Å². The van der Waals surface area contributed by atoms with E-state index in [2.05, 4.69) is 15.2 Å². The first kappa shape index (κ1) is 12.9. The largest absolute Gasteiger partial charge is 0.452 e. The molecule has 0 saturated carbocycles. The van der Waals surface area contributed by atoms with Gasteiger partial charge in [0, 0.05) is 17.8 Å². The van der Waals surface area contributed by atoms with Gasteiger partial charge in [-0.1, -0.05) is 29.8 Å². The molecular weight excluding hydrogens is 264 g/mol. The van der Waals surface area contributed by atoms with E-state index in [0.717, 1.165) is 11.3 Å². The maximum atomic E-state index is 8.88. The summed E-state index contributed by atoms with van der Waals surface area (Å²) in [6.45, 7) is 2.03. The molecule has 5 nitrogen and oxygen atoms in total. The minimum absolute atomic E-state index is 0.452. The summed E-state index contributed by atoms with van der Waals surface area (Å²) in [5, 5.41) is 15.9. The van der Waals surface area contributed by atoms with Crippen molar-refractivity contribution in [2.24, 2.45) is 0 Å². The molecule has 102 valence electrons. The van der Waals surface area contributed by atoms with Gasteiger partial charge in [-0.25, -0.2) is 0 Å². The van der Waals surface area contributed by atoms with Crippen LogP contribution < -0.4 is 4.74 Å². The Hall–Kier alpha value is -3.13. The molecule has 2 aromatic heterocycles. The van der Waals surface area contributed by atoms with Crippen LogP contribution in [0, 0.1) is 18.3 Å². The predicted octanol–water partition coefficient (Wildman–Crippen LogP) is 3.44. The van der Waals surface area contributed by atoms with E-state index in [1.807, 2.05) is 37.3 Å². The van der Waals surface area contributed by atoms with Gasteiger partial charge in [0.15, 0.2) is 5.75 Å². The van der Waals surface area contributed by atoms with E-state index in [1.54, 1.807) is 18.5 Å². The van der Waals surface area contributed by atoms with Gasteiger partial charge in [0.1, 0.15) is 17.5 Å². The van der Waals surface area contributed by atoms with Crippen molar-refractivity contribution in [1.82, 2.24) is 15.2 Å². The van der Waals surface area contributed by atoms with Crippen LogP contribution in [-0.4, -0.2) is 15.2 Å². The van der Waals surface area contributed by atoms with Gasteiger partial charge >= 0.3 is 0 Å². The molecule has 3 rings (SSSR count). The highest BCUT2D eigenvalue weighted by Gasteiger charge is 2.11. The molecule has 0 saturated heterocycles. The SMILES string of the molecule is Cc1ccc(-c2n[nH]cc2Oc2cncc(C#N)c2)cc1. The van der Waals surface area contributed by atoms with E-state index in [-0.39, 0.29) is 0 Å². The molecule has 3 aromatic rings. The number of H-pyrrole nitrogens is 1. The first-order chi connectivity index (χ1) is 10.3. The topological polar surface area (TPSA) is 74.6 Å². The number of hydrogen-bond donors (Lipinski definition) is 1. The van der Waals surface area contributed by atoms with Crippen LogP contribution in [0.3, 0.4) is 0 Å². The summed E-state index contributed by atoms with van der Waals surface area (Å²) in [6, 6.07) is 11.7. The standard InChI is InChI=1S/C16H12N4O/c1-11-2-4-13(5-3-11)16-15(10-19-20-16)21-14-6-12(7-17)8-18-9-14/h2-6,8-10H,1H3,(H,19,20). The zero-order chi connectivity index (χ0) is 14.7. The van der Waals surface area contributed by atoms with E-state index in [1.165, 1.54) is 11.8 Å². The Morgan fingerprint density at radius 2 is 2.00 bits per heavy atom. The lowest BCUT2D eigenvalue weighted by Gasteiger charge is -2.05. The summed E-state index contributed by atoms with van der Waals surface area (Å²) >= 11 is 0. The summed E-state index contributed by atoms with van der Waals surface area (Å²) in [5.41, 5.74) is 3.31. The van der Waals surface area contributed by atoms with Crippen molar-refractivity contribution in [3.63, 3.8) is 0 Å². The van der Waals surface area contributed by atoms with Crippen molar-refractivity contribution in [2.45, 2.75) is 6.92 Å². The van der Waals surface area contributed by atoms with Gasteiger partial charge in [0.2, 0.25) is 0 Å². The number of aromatic amines is 1. The summed E-state index contributed by atoms with van der Waals surface area (Å²) in [7, 11) is 0. The van der Waals surface area contributed by atoms with E-state index >= 15 is 0 Å². The smallest absolute Gasteiger partial charge is 0.173 e. The van der Waals surface area contributed by atoms with Gasteiger partial charge in [-0.2, -0.15) is 10.4 Å². The Balaban J connectivity index is 1.92. The highest BCUT2D eigenvalue weighted by atomic mass is 16.5. The van der Waals surface area contributed by atoms with Crippen LogP contribution in [0.1, 0.15) is 11.1 Å². The highest BCUT2D eigenvalue weighted by Crippen LogP contribution is 2.31. The molecule has 5 heteroatoms. The predicted molar refractivity (Wildman–Crippen MR) is 77.8 cm³/mol. The second-order valence-corrected chi connectivity index (χ2v) is 4.59. The number of nitriles is 1. The molecular formula is C16H12N4O. The number of ether oxygens (including phenoxy) is 1. The molecule has 0 fully saturated rings. The molecule has 0 bridgehead atoms. The minimum atomic E-state index is 0.452. The number of nitrogens with zero attached hydrogens (tertiary/aromatic N) is 3. The first-order valence-electron chi connectivity index (χ1n) is 6.40. The average molecular weight is 276 g/mol. The zero-order valence-corrected chi connectivity index (χ0v) is 11.4. The molecule has 0 aliphatic rings. The molecule has 0 radical (unpaired) electrons. The second-order valence-electron chi connectivity index (χ2n) is 4.59. The van der Waals surface area contributed by atoms with Crippen LogP contribution in [0.4, 0.5) is 0 Å². The zero-order valence-electron chi connectivity index (χ0n) is 11.4. The monoisotopic (exact) mass is 276 g/mol. The Morgan fingerprint density at radius 3 is 2.76 bits per heavy atom. The number of nitrogens with one attached hydrogen (secondary N) is 1. The number of hydrogen-bond acceptors (Lipinski definition) is 4. The number of pyridine rings is 1. The molecule has 2 heterocycles. The molecule has 0 aliphatic heterocycles. The highest BCUT2D eigenvalue weighted by molar-refractivity contribution is 5.66. The molecule has 1 N–H and O–H groups in total. The molecule has 0 atom stereocenters. The molecule has 0 spiro atoms. The second kappa shape index (κ2) is 5.47. The number of rotatable bonds is 3. The summed E-state index contributed by atoms with van der Waals surface area (Å²) < 4.78 is 5.77. The van der Waals surface area contributed by atoms with Gasteiger partial charge in [0.25, 0.3) is 0 Å². The maximum absolute atomic E-state index is 8.88. The van der Waals surface area contributed by atoms with Crippen molar-refractivity contribution >= 4 is 0 Å². The lowest BCUT2D eigenvalue weighted by Crippen LogP contribution is -1.88. The molecule has 21 heavy (non-hydrogen) atoms. The van der Waals surface area contributed by atoms with Gasteiger partial charge in [-0.05, 0) is 6.92 Å². The third kappa shape index (κ3) is 2.74.